The minimum Gasteiger partial charge on any atom is -0.343 e. The molecule has 1 aromatic heterocycles. The Morgan fingerprint density at radius 3 is 2.37 bits per heavy atom. The molecule has 0 saturated heterocycles. The van der Waals surface area contributed by atoms with E-state index in [1.54, 1.807) is 12.1 Å². The Bertz CT molecular complexity index is 1360. The quantitative estimate of drug-likeness (QED) is 0.406. The molecular weight excluding hydrogens is 396 g/mol. The lowest BCUT2D eigenvalue weighted by atomic mass is 9.94. The summed E-state index contributed by atoms with van der Waals surface area (Å²) in [6.45, 7) is 5.61. The molecule has 0 saturated carbocycles. The fourth-order valence-corrected chi connectivity index (χ4v) is 3.82. The second-order valence-electron chi connectivity index (χ2n) is 8.50. The van der Waals surface area contributed by atoms with Crippen LogP contribution in [0.2, 0.25) is 5.02 Å². The molecule has 1 N–H and O–H groups in total. The van der Waals surface area contributed by atoms with Crippen molar-refractivity contribution in [1.82, 2.24) is 4.57 Å². The van der Waals surface area contributed by atoms with Gasteiger partial charge in [-0.05, 0) is 35.9 Å². The lowest BCUT2D eigenvalue weighted by Gasteiger charge is -2.20. The highest BCUT2D eigenvalue weighted by molar-refractivity contribution is 6.31. The summed E-state index contributed by atoms with van der Waals surface area (Å²) in [4.78, 5) is 26.1. The van der Waals surface area contributed by atoms with Gasteiger partial charge in [0.2, 0.25) is 5.91 Å². The van der Waals surface area contributed by atoms with E-state index in [9.17, 15) is 9.59 Å². The number of rotatable bonds is 2. The molecule has 30 heavy (non-hydrogen) atoms. The number of carbonyl (C=O) groups is 1. The van der Waals surface area contributed by atoms with Gasteiger partial charge in [-0.1, -0.05) is 62.7 Å². The molecule has 1 amide bonds. The number of hydrogen-bond acceptors (Lipinski definition) is 2. The molecule has 0 radical (unpaired) electrons. The summed E-state index contributed by atoms with van der Waals surface area (Å²) in [6.07, 6.45) is 0. The number of nitrogens with one attached hydrogen (secondary N) is 1. The Hall–Kier alpha value is -3.11. The third kappa shape index (κ3) is 3.37. The highest BCUT2D eigenvalue weighted by Crippen LogP contribution is 2.34. The molecule has 0 unspecified atom stereocenters. The molecule has 4 nitrogen and oxygen atoms in total. The van der Waals surface area contributed by atoms with Crippen LogP contribution in [-0.4, -0.2) is 10.5 Å². The first kappa shape index (κ1) is 20.2. The third-order valence-electron chi connectivity index (χ3n) is 5.34. The Kier molecular flexibility index (Phi) is 4.91. The zero-order valence-corrected chi connectivity index (χ0v) is 18.2. The molecule has 0 aliphatic carbocycles. The minimum atomic E-state index is -0.530. The molecule has 0 fully saturated rings. The molecule has 152 valence electrons. The van der Waals surface area contributed by atoms with Crippen molar-refractivity contribution in [3.8, 4) is 11.1 Å². The van der Waals surface area contributed by atoms with Crippen molar-refractivity contribution in [3.63, 3.8) is 0 Å². The molecule has 0 atom stereocenters. The number of anilines is 1. The average molecular weight is 419 g/mol. The lowest BCUT2D eigenvalue weighted by Crippen LogP contribution is -2.27. The predicted octanol–water partition coefficient (Wildman–Crippen LogP) is 6.00. The molecule has 0 aliphatic rings. The van der Waals surface area contributed by atoms with Gasteiger partial charge in [0.25, 0.3) is 0 Å². The van der Waals surface area contributed by atoms with Crippen LogP contribution in [0.15, 0.2) is 65.5 Å². The molecule has 4 aromatic rings. The van der Waals surface area contributed by atoms with Gasteiger partial charge in [-0.2, -0.15) is 0 Å². The second kappa shape index (κ2) is 7.29. The van der Waals surface area contributed by atoms with Crippen molar-refractivity contribution in [2.24, 2.45) is 12.5 Å². The molecule has 0 aliphatic heterocycles. The van der Waals surface area contributed by atoms with E-state index in [1.807, 2.05) is 80.9 Å². The molecule has 0 bridgehead atoms. The van der Waals surface area contributed by atoms with Gasteiger partial charge in [0, 0.05) is 34.1 Å². The van der Waals surface area contributed by atoms with Gasteiger partial charge in [-0.3, -0.25) is 9.59 Å². The van der Waals surface area contributed by atoms with Crippen molar-refractivity contribution in [2.75, 3.05) is 5.32 Å². The van der Waals surface area contributed by atoms with Gasteiger partial charge in [0.15, 0.2) is 5.43 Å². The number of benzene rings is 3. The summed E-state index contributed by atoms with van der Waals surface area (Å²) in [5, 5.41) is 4.84. The van der Waals surface area contributed by atoms with Gasteiger partial charge in [-0.25, -0.2) is 0 Å². The van der Waals surface area contributed by atoms with E-state index in [1.165, 1.54) is 0 Å². The van der Waals surface area contributed by atoms with Crippen molar-refractivity contribution in [1.29, 1.82) is 0 Å². The lowest BCUT2D eigenvalue weighted by molar-refractivity contribution is -0.123. The van der Waals surface area contributed by atoms with Crippen LogP contribution >= 0.6 is 11.6 Å². The third-order valence-corrected chi connectivity index (χ3v) is 5.58. The monoisotopic (exact) mass is 418 g/mol. The number of nitrogens with zero attached hydrogens (tertiary/aromatic N) is 1. The predicted molar refractivity (Wildman–Crippen MR) is 125 cm³/mol. The van der Waals surface area contributed by atoms with Crippen molar-refractivity contribution < 1.29 is 4.79 Å². The number of amides is 1. The molecule has 1 heterocycles. The summed E-state index contributed by atoms with van der Waals surface area (Å²) in [7, 11) is 1.93. The van der Waals surface area contributed by atoms with E-state index >= 15 is 0 Å². The van der Waals surface area contributed by atoms with Gasteiger partial charge in [-0.15, -0.1) is 0 Å². The number of halogens is 1. The Labute approximate surface area is 180 Å². The standard InChI is InChI=1S/C25H23ClN2O2/c1-25(2,3)24(30)27-19-10-6-5-8-16(19)17-9-7-11-20-22(17)23(29)18-13-12-15(26)14-21(18)28(20)4/h5-14H,1-4H3,(H,27,30). The number of hydrogen-bond donors (Lipinski definition) is 1. The Balaban J connectivity index is 2.02. The average Bonchev–Trinajstić information content (AvgIpc) is 2.71. The Morgan fingerprint density at radius 2 is 1.63 bits per heavy atom. The van der Waals surface area contributed by atoms with Crippen LogP contribution in [0.4, 0.5) is 5.69 Å². The van der Waals surface area contributed by atoms with Gasteiger partial charge >= 0.3 is 0 Å². The fraction of sp³-hybridized carbons (Fsp3) is 0.200. The van der Waals surface area contributed by atoms with E-state index in [2.05, 4.69) is 5.32 Å². The highest BCUT2D eigenvalue weighted by atomic mass is 35.5. The zero-order valence-electron chi connectivity index (χ0n) is 17.4. The van der Waals surface area contributed by atoms with Crippen LogP contribution < -0.4 is 10.7 Å². The highest BCUT2D eigenvalue weighted by Gasteiger charge is 2.23. The molecule has 3 aromatic carbocycles. The van der Waals surface area contributed by atoms with Gasteiger partial charge in [0.1, 0.15) is 0 Å². The number of fused-ring (bicyclic) bond motifs is 2. The molecule has 4 rings (SSSR count). The van der Waals surface area contributed by atoms with Crippen LogP contribution in [0, 0.1) is 5.41 Å². The maximum Gasteiger partial charge on any atom is 0.229 e. The summed E-state index contributed by atoms with van der Waals surface area (Å²) < 4.78 is 1.98. The summed E-state index contributed by atoms with van der Waals surface area (Å²) in [5.41, 5.74) is 3.29. The summed E-state index contributed by atoms with van der Waals surface area (Å²) in [5.74, 6) is -0.0804. The summed E-state index contributed by atoms with van der Waals surface area (Å²) >= 11 is 6.17. The maximum absolute atomic E-state index is 13.5. The number of carbonyl (C=O) groups excluding carboxylic acids is 1. The van der Waals surface area contributed by atoms with Crippen LogP contribution in [0.5, 0.6) is 0 Å². The minimum absolute atomic E-state index is 0.0534. The number of aromatic nitrogens is 1. The van der Waals surface area contributed by atoms with E-state index in [-0.39, 0.29) is 11.3 Å². The Morgan fingerprint density at radius 1 is 0.933 bits per heavy atom. The van der Waals surface area contributed by atoms with Gasteiger partial charge in [0.05, 0.1) is 16.4 Å². The first-order valence-corrected chi connectivity index (χ1v) is 10.2. The van der Waals surface area contributed by atoms with Crippen LogP contribution in [-0.2, 0) is 11.8 Å². The largest absolute Gasteiger partial charge is 0.343 e. The molecule has 5 heteroatoms. The SMILES string of the molecule is Cn1c2cc(Cl)ccc2c(=O)c2c(-c3ccccc3NC(=O)C(C)(C)C)cccc21. The van der Waals surface area contributed by atoms with E-state index in [0.717, 1.165) is 22.2 Å². The molecular formula is C25H23ClN2O2. The fourth-order valence-electron chi connectivity index (χ4n) is 3.66. The van der Waals surface area contributed by atoms with Crippen molar-refractivity contribution in [2.45, 2.75) is 20.8 Å². The topological polar surface area (TPSA) is 51.1 Å². The summed E-state index contributed by atoms with van der Waals surface area (Å²) in [6, 6.07) is 18.7. The smallest absolute Gasteiger partial charge is 0.229 e. The number of aryl methyl sites for hydroxylation is 1. The number of para-hydroxylation sites is 1. The van der Waals surface area contributed by atoms with Crippen LogP contribution in [0.3, 0.4) is 0 Å². The van der Waals surface area contributed by atoms with Gasteiger partial charge < -0.3 is 9.88 Å². The molecule has 0 spiro atoms. The van der Waals surface area contributed by atoms with Crippen molar-refractivity contribution >= 4 is 45.0 Å². The second-order valence-corrected chi connectivity index (χ2v) is 8.94. The normalized spacial score (nSPS) is 11.8. The zero-order chi connectivity index (χ0) is 21.6. The first-order chi connectivity index (χ1) is 14.2. The maximum atomic E-state index is 13.5. The first-order valence-electron chi connectivity index (χ1n) is 9.80. The van der Waals surface area contributed by atoms with Crippen molar-refractivity contribution in [3.05, 3.63) is 75.9 Å². The van der Waals surface area contributed by atoms with Crippen LogP contribution in [0.25, 0.3) is 32.9 Å². The van der Waals surface area contributed by atoms with E-state index < -0.39 is 5.41 Å². The van der Waals surface area contributed by atoms with E-state index in [4.69, 9.17) is 11.6 Å². The van der Waals surface area contributed by atoms with Crippen LogP contribution in [0.1, 0.15) is 20.8 Å². The van der Waals surface area contributed by atoms with E-state index in [0.29, 0.717) is 21.5 Å². The number of pyridine rings is 1.